The minimum absolute atomic E-state index is 0.513. The van der Waals surface area contributed by atoms with Crippen LogP contribution in [0.15, 0.2) is 0 Å². The summed E-state index contributed by atoms with van der Waals surface area (Å²) in [5.41, 5.74) is 0. The molecule has 0 spiro atoms. The number of hydrogen-bond donors (Lipinski definition) is 0. The summed E-state index contributed by atoms with van der Waals surface area (Å²) < 4.78 is 23.9. The summed E-state index contributed by atoms with van der Waals surface area (Å²) in [6, 6.07) is 0. The number of halogens is 4. The first-order valence-corrected chi connectivity index (χ1v) is 12.8. The fourth-order valence-corrected chi connectivity index (χ4v) is 4.66. The van der Waals surface area contributed by atoms with E-state index in [1.807, 2.05) is 0 Å². The van der Waals surface area contributed by atoms with Gasteiger partial charge in [-0.05, 0) is 51.4 Å². The van der Waals surface area contributed by atoms with Gasteiger partial charge in [0.1, 0.15) is 0 Å². The molecule has 0 saturated heterocycles. The molecule has 0 aliphatic carbocycles. The van der Waals surface area contributed by atoms with E-state index in [1.54, 1.807) is 0 Å². The van der Waals surface area contributed by atoms with Crippen LogP contribution in [0, 0.1) is 0 Å². The van der Waals surface area contributed by atoms with Crippen molar-refractivity contribution in [3.05, 3.63) is 0 Å². The van der Waals surface area contributed by atoms with Crippen LogP contribution in [0.25, 0.3) is 0 Å². The Morgan fingerprint density at radius 2 is 0.640 bits per heavy atom. The molecular weight excluding hydrogens is 426 g/mol. The summed E-state index contributed by atoms with van der Waals surface area (Å²) in [5, 5.41) is 0. The summed E-state index contributed by atoms with van der Waals surface area (Å²) in [6.07, 6.45) is 6.93. The largest absolute Gasteiger partial charge is 0.679 e. The molecular formula is C16H32Cl4O4Si. The van der Waals surface area contributed by atoms with Crippen LogP contribution in [0.2, 0.25) is 0 Å². The summed E-state index contributed by atoms with van der Waals surface area (Å²) >= 11 is 22.9. The van der Waals surface area contributed by atoms with Crippen molar-refractivity contribution in [2.45, 2.75) is 51.4 Å². The highest BCUT2D eigenvalue weighted by atomic mass is 35.5. The van der Waals surface area contributed by atoms with E-state index >= 15 is 0 Å². The molecule has 0 fully saturated rings. The zero-order chi connectivity index (χ0) is 18.6. The van der Waals surface area contributed by atoms with E-state index in [0.717, 1.165) is 51.4 Å². The lowest BCUT2D eigenvalue weighted by Crippen LogP contribution is -2.50. The van der Waals surface area contributed by atoms with E-state index in [1.165, 1.54) is 0 Å². The van der Waals surface area contributed by atoms with Gasteiger partial charge in [0.25, 0.3) is 0 Å². The van der Waals surface area contributed by atoms with Gasteiger partial charge in [-0.15, -0.1) is 46.4 Å². The van der Waals surface area contributed by atoms with Gasteiger partial charge in [-0.3, -0.25) is 0 Å². The lowest BCUT2D eigenvalue weighted by molar-refractivity contribution is -0.0367. The van der Waals surface area contributed by atoms with Crippen molar-refractivity contribution in [2.24, 2.45) is 0 Å². The second-order valence-corrected chi connectivity index (χ2v) is 9.14. The maximum Gasteiger partial charge on any atom is 0.679 e. The van der Waals surface area contributed by atoms with Gasteiger partial charge in [-0.1, -0.05) is 0 Å². The topological polar surface area (TPSA) is 36.9 Å². The Morgan fingerprint density at radius 3 is 0.840 bits per heavy atom. The Bertz CT molecular complexity index is 225. The van der Waals surface area contributed by atoms with E-state index in [2.05, 4.69) is 0 Å². The second-order valence-electron chi connectivity index (χ2n) is 5.48. The molecule has 4 nitrogen and oxygen atoms in total. The molecule has 0 aromatic rings. The van der Waals surface area contributed by atoms with Crippen LogP contribution in [-0.4, -0.2) is 59.0 Å². The van der Waals surface area contributed by atoms with Gasteiger partial charge in [-0.25, -0.2) is 0 Å². The van der Waals surface area contributed by atoms with E-state index in [4.69, 9.17) is 64.1 Å². The molecule has 0 rings (SSSR count). The first-order valence-electron chi connectivity index (χ1n) is 9.04. The molecule has 0 aliphatic heterocycles. The van der Waals surface area contributed by atoms with Gasteiger partial charge >= 0.3 is 9.05 Å². The van der Waals surface area contributed by atoms with Crippen molar-refractivity contribution >= 4 is 55.5 Å². The van der Waals surface area contributed by atoms with Crippen LogP contribution in [0.1, 0.15) is 51.4 Å². The summed E-state index contributed by atoms with van der Waals surface area (Å²) in [4.78, 5) is 0. The van der Waals surface area contributed by atoms with Crippen LogP contribution in [0.5, 0.6) is 0 Å². The average Bonchev–Trinajstić information content (AvgIpc) is 2.63. The lowest BCUT2D eigenvalue weighted by atomic mass is 10.4. The molecule has 152 valence electrons. The van der Waals surface area contributed by atoms with Crippen molar-refractivity contribution < 1.29 is 17.7 Å². The quantitative estimate of drug-likeness (QED) is 0.136. The van der Waals surface area contributed by atoms with Crippen LogP contribution in [-0.2, 0) is 17.7 Å². The standard InChI is InChI=1S/C16H32Cl4O4Si/c17-9-1-5-13-21-25(22-14-6-2-10-18,23-15-7-3-11-19)24-16-8-4-12-20/h1-16H2. The van der Waals surface area contributed by atoms with Crippen LogP contribution < -0.4 is 0 Å². The SMILES string of the molecule is ClCCCCO[Si](OCCCCCl)(OCCCCCl)OCCCCCl. The highest BCUT2D eigenvalue weighted by Crippen LogP contribution is 2.16. The maximum atomic E-state index is 5.99. The first kappa shape index (κ1) is 26.2. The zero-order valence-corrected chi connectivity index (χ0v) is 19.0. The molecule has 0 saturated carbocycles. The van der Waals surface area contributed by atoms with Crippen molar-refractivity contribution in [3.63, 3.8) is 0 Å². The highest BCUT2D eigenvalue weighted by molar-refractivity contribution is 6.53. The van der Waals surface area contributed by atoms with Gasteiger partial charge in [0.15, 0.2) is 0 Å². The van der Waals surface area contributed by atoms with Crippen LogP contribution in [0.3, 0.4) is 0 Å². The normalized spacial score (nSPS) is 12.0. The molecule has 9 heteroatoms. The molecule has 0 heterocycles. The molecule has 0 amide bonds. The third kappa shape index (κ3) is 15.9. The molecule has 25 heavy (non-hydrogen) atoms. The Balaban J connectivity index is 4.62. The average molecular weight is 458 g/mol. The molecule has 0 aromatic heterocycles. The molecule has 0 bridgehead atoms. The highest BCUT2D eigenvalue weighted by Gasteiger charge is 2.45. The Hall–Kier alpha value is 1.22. The van der Waals surface area contributed by atoms with Crippen molar-refractivity contribution in [2.75, 3.05) is 49.9 Å². The fourth-order valence-electron chi connectivity index (χ4n) is 1.82. The number of alkyl halides is 4. The summed E-state index contributed by atoms with van der Waals surface area (Å²) in [7, 11) is -3.17. The van der Waals surface area contributed by atoms with Gasteiger partial charge in [-0.2, -0.15) is 0 Å². The van der Waals surface area contributed by atoms with Gasteiger partial charge in [0.05, 0.1) is 0 Å². The van der Waals surface area contributed by atoms with Crippen LogP contribution >= 0.6 is 46.4 Å². The maximum absolute atomic E-state index is 5.99. The molecule has 0 N–H and O–H groups in total. The molecule has 0 aliphatic rings. The van der Waals surface area contributed by atoms with Gasteiger partial charge < -0.3 is 17.7 Å². The molecule has 0 radical (unpaired) electrons. The molecule has 0 unspecified atom stereocenters. The summed E-state index contributed by atoms with van der Waals surface area (Å²) in [5.74, 6) is 2.45. The van der Waals surface area contributed by atoms with Crippen molar-refractivity contribution in [3.8, 4) is 0 Å². The third-order valence-electron chi connectivity index (χ3n) is 3.23. The predicted molar refractivity (Wildman–Crippen MR) is 109 cm³/mol. The fraction of sp³-hybridized carbons (Fsp3) is 1.00. The lowest BCUT2D eigenvalue weighted by Gasteiger charge is -2.28. The molecule has 0 aromatic carbocycles. The third-order valence-corrected chi connectivity index (χ3v) is 6.53. The number of unbranched alkanes of at least 4 members (excludes halogenated alkanes) is 4. The monoisotopic (exact) mass is 456 g/mol. The van der Waals surface area contributed by atoms with Crippen molar-refractivity contribution in [1.29, 1.82) is 0 Å². The zero-order valence-electron chi connectivity index (χ0n) is 15.0. The van der Waals surface area contributed by atoms with E-state index < -0.39 is 9.05 Å². The molecule has 0 atom stereocenters. The van der Waals surface area contributed by atoms with E-state index in [0.29, 0.717) is 49.9 Å². The second kappa shape index (κ2) is 20.0. The van der Waals surface area contributed by atoms with Gasteiger partial charge in [0.2, 0.25) is 0 Å². The summed E-state index contributed by atoms with van der Waals surface area (Å²) in [6.45, 7) is 2.05. The van der Waals surface area contributed by atoms with E-state index in [-0.39, 0.29) is 0 Å². The Morgan fingerprint density at radius 1 is 0.400 bits per heavy atom. The van der Waals surface area contributed by atoms with E-state index in [9.17, 15) is 0 Å². The number of hydrogen-bond acceptors (Lipinski definition) is 4. The first-order chi connectivity index (χ1) is 12.2. The minimum atomic E-state index is -3.17. The minimum Gasteiger partial charge on any atom is -0.351 e. The number of rotatable bonds is 20. The van der Waals surface area contributed by atoms with Gasteiger partial charge in [0, 0.05) is 49.9 Å². The van der Waals surface area contributed by atoms with Crippen molar-refractivity contribution in [1.82, 2.24) is 0 Å². The Kier molecular flexibility index (Phi) is 20.9. The predicted octanol–water partition coefficient (Wildman–Crippen LogP) is 5.56. The van der Waals surface area contributed by atoms with Crippen LogP contribution in [0.4, 0.5) is 0 Å². The Labute approximate surface area is 174 Å². The smallest absolute Gasteiger partial charge is 0.351 e.